The third-order valence-electron chi connectivity index (χ3n) is 2.37. The highest BCUT2D eigenvalue weighted by Gasteiger charge is 2.18. The first kappa shape index (κ1) is 8.23. The maximum absolute atomic E-state index is 13.0. The summed E-state index contributed by atoms with van der Waals surface area (Å²) >= 11 is 0. The van der Waals surface area contributed by atoms with Crippen LogP contribution in [0.4, 0.5) is 10.1 Å². The number of ketones is 1. The monoisotopic (exact) mass is 179 g/mol. The third kappa shape index (κ3) is 1.30. The van der Waals surface area contributed by atoms with Crippen molar-refractivity contribution in [3.8, 4) is 0 Å². The zero-order valence-electron chi connectivity index (χ0n) is 7.14. The van der Waals surface area contributed by atoms with Crippen LogP contribution in [0.2, 0.25) is 0 Å². The molecule has 3 heteroatoms. The van der Waals surface area contributed by atoms with Crippen LogP contribution in [0.1, 0.15) is 28.8 Å². The highest BCUT2D eigenvalue weighted by Crippen LogP contribution is 2.25. The summed E-state index contributed by atoms with van der Waals surface area (Å²) in [6, 6.07) is 2.83. The second-order valence-corrected chi connectivity index (χ2v) is 3.31. The molecule has 1 aromatic carbocycles. The zero-order chi connectivity index (χ0) is 9.42. The number of anilines is 1. The third-order valence-corrected chi connectivity index (χ3v) is 2.37. The van der Waals surface area contributed by atoms with Gasteiger partial charge in [0.2, 0.25) is 0 Å². The first-order chi connectivity index (χ1) is 6.18. The average Bonchev–Trinajstić information content (AvgIpc) is 2.09. The molecule has 0 bridgehead atoms. The van der Waals surface area contributed by atoms with Crippen molar-refractivity contribution in [2.24, 2.45) is 0 Å². The number of Topliss-reactive ketones (excluding diaryl/α,β-unsaturated/α-hetero) is 1. The summed E-state index contributed by atoms with van der Waals surface area (Å²) in [4.78, 5) is 11.4. The Hall–Kier alpha value is -1.38. The van der Waals surface area contributed by atoms with Crippen LogP contribution in [0.3, 0.4) is 0 Å². The zero-order valence-corrected chi connectivity index (χ0v) is 7.14. The van der Waals surface area contributed by atoms with Crippen LogP contribution >= 0.6 is 0 Å². The standard InChI is InChI=1S/C10H10FNO/c11-8-4-6-2-1-3-10(13)7(6)5-9(8)12/h4-5H,1-3,12H2. The van der Waals surface area contributed by atoms with E-state index in [9.17, 15) is 9.18 Å². The van der Waals surface area contributed by atoms with Gasteiger partial charge in [-0.15, -0.1) is 0 Å². The lowest BCUT2D eigenvalue weighted by molar-refractivity contribution is 0.0972. The van der Waals surface area contributed by atoms with Gasteiger partial charge in [0.15, 0.2) is 5.78 Å². The van der Waals surface area contributed by atoms with Crippen LogP contribution in [-0.2, 0) is 6.42 Å². The molecule has 0 aromatic heterocycles. The summed E-state index contributed by atoms with van der Waals surface area (Å²) in [6.07, 6.45) is 2.14. The lowest BCUT2D eigenvalue weighted by Crippen LogP contribution is -2.12. The normalized spacial score (nSPS) is 15.6. The number of benzene rings is 1. The molecular formula is C10H10FNO. The molecule has 1 aromatic rings. The number of rotatable bonds is 0. The number of nitrogen functional groups attached to an aromatic ring is 1. The quantitative estimate of drug-likeness (QED) is 0.618. The van der Waals surface area contributed by atoms with E-state index in [1.54, 1.807) is 0 Å². The van der Waals surface area contributed by atoms with Gasteiger partial charge in [0.05, 0.1) is 5.69 Å². The van der Waals surface area contributed by atoms with E-state index in [0.717, 1.165) is 18.4 Å². The average molecular weight is 179 g/mol. The Morgan fingerprint density at radius 3 is 2.85 bits per heavy atom. The Bertz CT molecular complexity index is 373. The van der Waals surface area contributed by atoms with Crippen LogP contribution in [0, 0.1) is 5.82 Å². The minimum Gasteiger partial charge on any atom is -0.396 e. The molecule has 13 heavy (non-hydrogen) atoms. The van der Waals surface area contributed by atoms with Gasteiger partial charge in [0.1, 0.15) is 5.82 Å². The van der Waals surface area contributed by atoms with Crippen LogP contribution in [0.25, 0.3) is 0 Å². The Morgan fingerprint density at radius 1 is 1.31 bits per heavy atom. The van der Waals surface area contributed by atoms with Gasteiger partial charge in [-0.2, -0.15) is 0 Å². The molecule has 0 heterocycles. The molecule has 0 fully saturated rings. The molecule has 0 radical (unpaired) electrons. The number of carbonyl (C=O) groups excluding carboxylic acids is 1. The van der Waals surface area contributed by atoms with E-state index in [1.165, 1.54) is 12.1 Å². The van der Waals surface area contributed by atoms with E-state index in [1.807, 2.05) is 0 Å². The van der Waals surface area contributed by atoms with Crippen molar-refractivity contribution in [3.05, 3.63) is 29.1 Å². The van der Waals surface area contributed by atoms with Gasteiger partial charge in [-0.05, 0) is 30.5 Å². The molecule has 1 aliphatic carbocycles. The fourth-order valence-electron chi connectivity index (χ4n) is 1.67. The topological polar surface area (TPSA) is 43.1 Å². The summed E-state index contributed by atoms with van der Waals surface area (Å²) in [5, 5.41) is 0. The Labute approximate surface area is 75.6 Å². The molecule has 0 amide bonds. The van der Waals surface area contributed by atoms with E-state index in [-0.39, 0.29) is 11.5 Å². The van der Waals surface area contributed by atoms with Gasteiger partial charge in [0.25, 0.3) is 0 Å². The molecular weight excluding hydrogens is 169 g/mol. The van der Waals surface area contributed by atoms with Gasteiger partial charge < -0.3 is 5.73 Å². The minimum absolute atomic E-state index is 0.0639. The van der Waals surface area contributed by atoms with Crippen molar-refractivity contribution >= 4 is 11.5 Å². The predicted octanol–water partition coefficient (Wildman–Crippen LogP) is 1.93. The van der Waals surface area contributed by atoms with Crippen LogP contribution in [-0.4, -0.2) is 5.78 Å². The first-order valence-corrected chi connectivity index (χ1v) is 4.29. The number of hydrogen-bond acceptors (Lipinski definition) is 2. The lowest BCUT2D eigenvalue weighted by Gasteiger charge is -2.14. The van der Waals surface area contributed by atoms with Crippen molar-refractivity contribution in [1.29, 1.82) is 0 Å². The number of aryl methyl sites for hydroxylation is 1. The maximum atomic E-state index is 13.0. The van der Waals surface area contributed by atoms with Crippen molar-refractivity contribution in [3.63, 3.8) is 0 Å². The molecule has 0 saturated carbocycles. The molecule has 2 nitrogen and oxygen atoms in total. The second kappa shape index (κ2) is 2.83. The number of nitrogens with two attached hydrogens (primary N) is 1. The van der Waals surface area contributed by atoms with E-state index in [2.05, 4.69) is 0 Å². The molecule has 0 atom stereocenters. The van der Waals surface area contributed by atoms with Crippen molar-refractivity contribution in [2.45, 2.75) is 19.3 Å². The molecule has 68 valence electrons. The number of carbonyl (C=O) groups is 1. The number of fused-ring (bicyclic) bond motifs is 1. The van der Waals surface area contributed by atoms with Crippen molar-refractivity contribution in [1.82, 2.24) is 0 Å². The molecule has 2 rings (SSSR count). The summed E-state index contributed by atoms with van der Waals surface area (Å²) in [5.74, 6) is -0.346. The van der Waals surface area contributed by atoms with E-state index in [0.29, 0.717) is 12.0 Å². The highest BCUT2D eigenvalue weighted by molar-refractivity contribution is 5.99. The number of hydrogen-bond donors (Lipinski definition) is 1. The van der Waals surface area contributed by atoms with Gasteiger partial charge >= 0.3 is 0 Å². The Kier molecular flexibility index (Phi) is 1.79. The summed E-state index contributed by atoms with van der Waals surface area (Å²) in [5.41, 5.74) is 6.84. The van der Waals surface area contributed by atoms with Crippen LogP contribution in [0.15, 0.2) is 12.1 Å². The largest absolute Gasteiger partial charge is 0.396 e. The second-order valence-electron chi connectivity index (χ2n) is 3.31. The fraction of sp³-hybridized carbons (Fsp3) is 0.300. The number of halogens is 1. The molecule has 0 saturated heterocycles. The maximum Gasteiger partial charge on any atom is 0.163 e. The van der Waals surface area contributed by atoms with E-state index < -0.39 is 5.82 Å². The first-order valence-electron chi connectivity index (χ1n) is 4.29. The van der Waals surface area contributed by atoms with Crippen LogP contribution in [0.5, 0.6) is 0 Å². The Morgan fingerprint density at radius 2 is 2.08 bits per heavy atom. The highest BCUT2D eigenvalue weighted by atomic mass is 19.1. The van der Waals surface area contributed by atoms with Crippen molar-refractivity contribution < 1.29 is 9.18 Å². The fourth-order valence-corrected chi connectivity index (χ4v) is 1.67. The van der Waals surface area contributed by atoms with E-state index in [4.69, 9.17) is 5.73 Å². The predicted molar refractivity (Wildman–Crippen MR) is 48.1 cm³/mol. The Balaban J connectivity index is 2.58. The van der Waals surface area contributed by atoms with Gasteiger partial charge in [-0.3, -0.25) is 4.79 Å². The van der Waals surface area contributed by atoms with Gasteiger partial charge in [-0.1, -0.05) is 0 Å². The van der Waals surface area contributed by atoms with Gasteiger partial charge in [0, 0.05) is 12.0 Å². The summed E-state index contributed by atoms with van der Waals surface area (Å²) in [6.45, 7) is 0. The molecule has 0 aliphatic heterocycles. The molecule has 1 aliphatic rings. The summed E-state index contributed by atoms with van der Waals surface area (Å²) in [7, 11) is 0. The summed E-state index contributed by atoms with van der Waals surface area (Å²) < 4.78 is 13.0. The molecule has 0 unspecified atom stereocenters. The molecule has 2 N–H and O–H groups in total. The minimum atomic E-state index is -0.423. The van der Waals surface area contributed by atoms with Crippen LogP contribution < -0.4 is 5.73 Å². The SMILES string of the molecule is Nc1cc2c(cc1F)CCCC2=O. The smallest absolute Gasteiger partial charge is 0.163 e. The van der Waals surface area contributed by atoms with E-state index >= 15 is 0 Å². The van der Waals surface area contributed by atoms with Crippen molar-refractivity contribution in [2.75, 3.05) is 5.73 Å². The lowest BCUT2D eigenvalue weighted by atomic mass is 9.90. The molecule has 0 spiro atoms. The van der Waals surface area contributed by atoms with Gasteiger partial charge in [-0.25, -0.2) is 4.39 Å².